The number of aliphatic hydroxyl groups excluding tert-OH is 2. The van der Waals surface area contributed by atoms with E-state index in [9.17, 15) is 29.3 Å². The molecule has 9 nitrogen and oxygen atoms in total. The summed E-state index contributed by atoms with van der Waals surface area (Å²) < 4.78 is 15.8. The molecule has 0 aliphatic rings. The molecule has 0 aliphatic carbocycles. The fraction of sp³-hybridized carbons (Fsp3) is 0.250. The molecule has 2 heterocycles. The van der Waals surface area contributed by atoms with E-state index in [1.807, 2.05) is 48.7 Å². The molecule has 0 radical (unpaired) electrons. The summed E-state index contributed by atoms with van der Waals surface area (Å²) in [6.07, 6.45) is 2.92. The van der Waals surface area contributed by atoms with Crippen LogP contribution >= 0.6 is 0 Å². The molecule has 0 aliphatic heterocycles. The van der Waals surface area contributed by atoms with Crippen LogP contribution in [0.15, 0.2) is 79.1 Å². The van der Waals surface area contributed by atoms with Gasteiger partial charge in [-0.05, 0) is 49.2 Å². The van der Waals surface area contributed by atoms with Crippen molar-refractivity contribution in [2.45, 2.75) is 51.5 Å². The summed E-state index contributed by atoms with van der Waals surface area (Å²) in [5.41, 5.74) is 3.53. The maximum absolute atomic E-state index is 14.0. The van der Waals surface area contributed by atoms with Crippen LogP contribution in [-0.2, 0) is 11.3 Å². The van der Waals surface area contributed by atoms with E-state index in [4.69, 9.17) is 0 Å². The van der Waals surface area contributed by atoms with E-state index >= 15 is 0 Å². The molecule has 0 unspecified atom stereocenters. The number of nitrogens with one attached hydrogen (secondary N) is 1. The number of benzene rings is 2. The zero-order valence-electron chi connectivity index (χ0n) is 24.3. The molecule has 0 fully saturated rings. The molecule has 43 heavy (non-hydrogen) atoms. The molecular formula is C32H32FN4NaO5. The predicted octanol–water partition coefficient (Wildman–Crippen LogP) is 0.531. The molecule has 0 bridgehead atoms. The minimum Gasteiger partial charge on any atom is -0.550 e. The largest absolute Gasteiger partial charge is 1.00 e. The first kappa shape index (κ1) is 33.8. The van der Waals surface area contributed by atoms with Gasteiger partial charge in [0, 0.05) is 54.1 Å². The Morgan fingerprint density at radius 2 is 1.60 bits per heavy atom. The summed E-state index contributed by atoms with van der Waals surface area (Å²) in [5, 5.41) is 34.4. The zero-order valence-corrected chi connectivity index (χ0v) is 26.3. The van der Waals surface area contributed by atoms with E-state index in [1.54, 1.807) is 36.7 Å². The van der Waals surface area contributed by atoms with E-state index < -0.39 is 30.4 Å². The predicted molar refractivity (Wildman–Crippen MR) is 154 cm³/mol. The number of halogens is 1. The summed E-state index contributed by atoms with van der Waals surface area (Å²) in [6, 6.07) is 16.7. The molecule has 4 aromatic rings. The summed E-state index contributed by atoms with van der Waals surface area (Å²) >= 11 is 0. The normalized spacial score (nSPS) is 12.6. The van der Waals surface area contributed by atoms with Crippen molar-refractivity contribution >= 4 is 18.0 Å². The van der Waals surface area contributed by atoms with E-state index in [1.165, 1.54) is 18.2 Å². The number of aromatic nitrogens is 3. The molecule has 2 aromatic heterocycles. The summed E-state index contributed by atoms with van der Waals surface area (Å²) in [6.45, 7) is 3.92. The Bertz CT molecular complexity index is 1540. The van der Waals surface area contributed by atoms with Crippen molar-refractivity contribution in [3.63, 3.8) is 0 Å². The molecule has 2 atom stereocenters. The van der Waals surface area contributed by atoms with Gasteiger partial charge in [0.25, 0.3) is 5.91 Å². The number of hydrogen-bond acceptors (Lipinski definition) is 7. The number of rotatable bonds is 12. The molecule has 218 valence electrons. The second kappa shape index (κ2) is 15.7. The van der Waals surface area contributed by atoms with Crippen molar-refractivity contribution in [1.29, 1.82) is 0 Å². The van der Waals surface area contributed by atoms with Crippen molar-refractivity contribution < 1.29 is 58.9 Å². The van der Waals surface area contributed by atoms with Crippen LogP contribution in [0.25, 0.3) is 28.3 Å². The fourth-order valence-corrected chi connectivity index (χ4v) is 4.82. The maximum Gasteiger partial charge on any atom is 1.00 e. The van der Waals surface area contributed by atoms with Crippen LogP contribution in [0.2, 0.25) is 0 Å². The van der Waals surface area contributed by atoms with Gasteiger partial charge in [0.05, 0.1) is 18.8 Å². The standard InChI is InChI=1S/C32H33FN4O5.Na/c1-20(2)37-26(14-13-24(38)17-25(39)18-28(40)41)29(22-9-11-23(33)12-10-22)30(21-7-4-3-5-8-21)31(37)32(42)36-19-27-34-15-6-16-35-27;/h3-16,20,24-25,38-39H,17-19H2,1-2H3,(H,36,42)(H,40,41);/q;+1/p-1/b14-13+;/t24-,25-;/m1./s1. The van der Waals surface area contributed by atoms with Gasteiger partial charge < -0.3 is 30.0 Å². The number of nitrogens with zero attached hydrogens (tertiary/aromatic N) is 3. The third-order valence-corrected chi connectivity index (χ3v) is 6.59. The smallest absolute Gasteiger partial charge is 0.550 e. The molecule has 11 heteroatoms. The molecule has 1 amide bonds. The maximum atomic E-state index is 14.0. The van der Waals surface area contributed by atoms with E-state index in [0.717, 1.165) is 5.56 Å². The first-order valence-corrected chi connectivity index (χ1v) is 13.5. The molecule has 3 N–H and O–H groups in total. The average molecular weight is 595 g/mol. The SMILES string of the molecule is CC(C)n1c(/C=C/[C@@H](O)C[C@@H](O)CC(=O)[O-])c(-c2ccc(F)cc2)c(-c2ccccc2)c1C(=O)NCc1ncccn1.[Na+]. The Morgan fingerprint density at radius 3 is 2.21 bits per heavy atom. The van der Waals surface area contributed by atoms with Gasteiger partial charge in [0.1, 0.15) is 17.3 Å². The van der Waals surface area contributed by atoms with E-state index in [2.05, 4.69) is 15.3 Å². The number of hydrogen-bond donors (Lipinski definition) is 3. The second-order valence-corrected chi connectivity index (χ2v) is 10.1. The van der Waals surface area contributed by atoms with Crippen molar-refractivity contribution in [2.24, 2.45) is 0 Å². The van der Waals surface area contributed by atoms with Gasteiger partial charge in [0.15, 0.2) is 0 Å². The topological polar surface area (TPSA) is 140 Å². The van der Waals surface area contributed by atoms with Crippen molar-refractivity contribution in [3.05, 3.63) is 102 Å². The number of aliphatic carboxylic acids is 1. The Kier molecular flexibility index (Phi) is 12.4. The number of carboxylic acids is 1. The van der Waals surface area contributed by atoms with Gasteiger partial charge in [-0.3, -0.25) is 4.79 Å². The van der Waals surface area contributed by atoms with Gasteiger partial charge in [-0.25, -0.2) is 14.4 Å². The van der Waals surface area contributed by atoms with Gasteiger partial charge in [-0.2, -0.15) is 0 Å². The Morgan fingerprint density at radius 1 is 0.977 bits per heavy atom. The average Bonchev–Trinajstić information content (AvgIpc) is 3.31. The van der Waals surface area contributed by atoms with Crippen LogP contribution in [0.4, 0.5) is 4.39 Å². The van der Waals surface area contributed by atoms with Gasteiger partial charge in [0.2, 0.25) is 0 Å². The molecule has 0 saturated heterocycles. The monoisotopic (exact) mass is 594 g/mol. The number of amides is 1. The van der Waals surface area contributed by atoms with E-state index in [-0.39, 0.29) is 54.5 Å². The van der Waals surface area contributed by atoms with Crippen LogP contribution in [0.5, 0.6) is 0 Å². The third-order valence-electron chi connectivity index (χ3n) is 6.59. The van der Waals surface area contributed by atoms with Crippen LogP contribution in [0.1, 0.15) is 54.7 Å². The third kappa shape index (κ3) is 8.68. The summed E-state index contributed by atoms with van der Waals surface area (Å²) in [5.74, 6) is -1.79. The quantitative estimate of drug-likeness (QED) is 0.203. The zero-order chi connectivity index (χ0) is 30.2. The molecule has 0 spiro atoms. The van der Waals surface area contributed by atoms with E-state index in [0.29, 0.717) is 33.9 Å². The van der Waals surface area contributed by atoms with Crippen LogP contribution in [-0.4, -0.2) is 48.8 Å². The first-order chi connectivity index (χ1) is 20.2. The van der Waals surface area contributed by atoms with Crippen LogP contribution < -0.4 is 40.0 Å². The van der Waals surface area contributed by atoms with Crippen LogP contribution in [0, 0.1) is 5.82 Å². The number of carbonyl (C=O) groups excluding carboxylic acids is 2. The van der Waals surface area contributed by atoms with Gasteiger partial charge in [-0.15, -0.1) is 0 Å². The number of carboxylic acid groups (broad SMARTS) is 1. The summed E-state index contributed by atoms with van der Waals surface area (Å²) in [7, 11) is 0. The molecule has 4 rings (SSSR count). The van der Waals surface area contributed by atoms with Gasteiger partial charge in [-0.1, -0.05) is 48.5 Å². The molecule has 0 saturated carbocycles. The Hall–Kier alpha value is -3.67. The first-order valence-electron chi connectivity index (χ1n) is 13.5. The van der Waals surface area contributed by atoms with Crippen molar-refractivity contribution in [3.8, 4) is 22.3 Å². The summed E-state index contributed by atoms with van der Waals surface area (Å²) in [4.78, 5) is 33.2. The van der Waals surface area contributed by atoms with Gasteiger partial charge >= 0.3 is 29.6 Å². The minimum atomic E-state index is -1.42. The molecular weight excluding hydrogens is 562 g/mol. The fourth-order valence-electron chi connectivity index (χ4n) is 4.82. The molecule has 2 aromatic carbocycles. The minimum absolute atomic E-state index is 0. The van der Waals surface area contributed by atoms with Crippen molar-refractivity contribution in [2.75, 3.05) is 0 Å². The second-order valence-electron chi connectivity index (χ2n) is 10.1. The van der Waals surface area contributed by atoms with Crippen molar-refractivity contribution in [1.82, 2.24) is 19.9 Å². The van der Waals surface area contributed by atoms with Crippen LogP contribution in [0.3, 0.4) is 0 Å². The number of aliphatic hydroxyl groups is 2. The number of carbonyl (C=O) groups is 2. The Balaban J connectivity index is 0.00000506. The Labute approximate surface area is 271 Å².